The predicted molar refractivity (Wildman–Crippen MR) is 206 cm³/mol. The summed E-state index contributed by atoms with van der Waals surface area (Å²) in [5.74, 6) is -0.878. The molecular formula is C43H82O6. The van der Waals surface area contributed by atoms with E-state index < -0.39 is 6.10 Å². The van der Waals surface area contributed by atoms with Gasteiger partial charge in [0.2, 0.25) is 0 Å². The van der Waals surface area contributed by atoms with E-state index in [2.05, 4.69) is 20.8 Å². The van der Waals surface area contributed by atoms with Gasteiger partial charge in [0, 0.05) is 19.3 Å². The molecule has 0 aliphatic rings. The fourth-order valence-corrected chi connectivity index (χ4v) is 6.32. The van der Waals surface area contributed by atoms with Gasteiger partial charge >= 0.3 is 17.9 Å². The summed E-state index contributed by atoms with van der Waals surface area (Å²) >= 11 is 0. The maximum Gasteiger partial charge on any atom is 0.306 e. The lowest BCUT2D eigenvalue weighted by Crippen LogP contribution is -2.30. The molecule has 6 heteroatoms. The topological polar surface area (TPSA) is 78.9 Å². The van der Waals surface area contributed by atoms with Crippen molar-refractivity contribution in [2.75, 3.05) is 13.2 Å². The van der Waals surface area contributed by atoms with Crippen LogP contribution in [0.4, 0.5) is 0 Å². The van der Waals surface area contributed by atoms with Crippen LogP contribution in [-0.2, 0) is 28.6 Å². The molecule has 0 amide bonds. The van der Waals surface area contributed by atoms with Crippen molar-refractivity contribution in [3.05, 3.63) is 0 Å². The number of esters is 3. The number of carbonyl (C=O) groups is 3. The Morgan fingerprint density at radius 1 is 0.327 bits per heavy atom. The minimum Gasteiger partial charge on any atom is -0.462 e. The second-order valence-electron chi connectivity index (χ2n) is 14.6. The summed E-state index contributed by atoms with van der Waals surface area (Å²) in [5, 5.41) is 0. The van der Waals surface area contributed by atoms with Crippen molar-refractivity contribution in [2.45, 2.75) is 245 Å². The number of hydrogen-bond acceptors (Lipinski definition) is 6. The highest BCUT2D eigenvalue weighted by molar-refractivity contribution is 5.71. The summed E-state index contributed by atoms with van der Waals surface area (Å²) in [6, 6.07) is 0. The molecule has 290 valence electrons. The highest BCUT2D eigenvalue weighted by Gasteiger charge is 2.19. The van der Waals surface area contributed by atoms with Gasteiger partial charge in [0.1, 0.15) is 13.2 Å². The predicted octanol–water partition coefficient (Wildman–Crippen LogP) is 13.3. The summed E-state index contributed by atoms with van der Waals surface area (Å²) in [6.45, 7) is 6.52. The third kappa shape index (κ3) is 37.5. The first-order chi connectivity index (χ1) is 24.0. The lowest BCUT2D eigenvalue weighted by atomic mass is 10.0. The lowest BCUT2D eigenvalue weighted by Gasteiger charge is -2.18. The van der Waals surface area contributed by atoms with Crippen molar-refractivity contribution >= 4 is 17.9 Å². The van der Waals surface area contributed by atoms with Crippen LogP contribution < -0.4 is 0 Å². The maximum atomic E-state index is 12.6. The molecule has 1 atom stereocenters. The fraction of sp³-hybridized carbons (Fsp3) is 0.930. The third-order valence-electron chi connectivity index (χ3n) is 9.61. The van der Waals surface area contributed by atoms with Crippen molar-refractivity contribution < 1.29 is 28.6 Å². The molecule has 0 N–H and O–H groups in total. The second kappa shape index (κ2) is 39.2. The summed E-state index contributed by atoms with van der Waals surface area (Å²) in [7, 11) is 0. The van der Waals surface area contributed by atoms with Crippen LogP contribution in [0.25, 0.3) is 0 Å². The quantitative estimate of drug-likeness (QED) is 0.0362. The van der Waals surface area contributed by atoms with Gasteiger partial charge in [0.15, 0.2) is 6.10 Å². The largest absolute Gasteiger partial charge is 0.462 e. The van der Waals surface area contributed by atoms with Crippen LogP contribution in [0, 0.1) is 0 Å². The van der Waals surface area contributed by atoms with Gasteiger partial charge < -0.3 is 14.2 Å². The van der Waals surface area contributed by atoms with Crippen LogP contribution in [0.15, 0.2) is 0 Å². The van der Waals surface area contributed by atoms with Gasteiger partial charge in [-0.1, -0.05) is 201 Å². The molecule has 0 heterocycles. The molecule has 0 radical (unpaired) electrons. The van der Waals surface area contributed by atoms with Crippen molar-refractivity contribution in [2.24, 2.45) is 0 Å². The molecular weight excluding hydrogens is 612 g/mol. The van der Waals surface area contributed by atoms with Crippen LogP contribution in [0.3, 0.4) is 0 Å². The van der Waals surface area contributed by atoms with Crippen molar-refractivity contribution in [1.29, 1.82) is 0 Å². The normalized spacial score (nSPS) is 11.8. The number of carbonyl (C=O) groups excluding carboxylic acids is 3. The third-order valence-corrected chi connectivity index (χ3v) is 9.61. The minimum atomic E-state index is -0.755. The van der Waals surface area contributed by atoms with Crippen LogP contribution in [-0.4, -0.2) is 37.2 Å². The van der Waals surface area contributed by atoms with Gasteiger partial charge in [-0.25, -0.2) is 0 Å². The molecule has 0 aromatic rings. The van der Waals surface area contributed by atoms with E-state index >= 15 is 0 Å². The molecule has 0 saturated carbocycles. The smallest absolute Gasteiger partial charge is 0.306 e. The Morgan fingerprint density at radius 2 is 0.551 bits per heavy atom. The standard InChI is InChI=1S/C43H82O6/c1-4-7-10-13-15-16-17-18-19-20-21-22-23-24-25-26-28-31-34-37-43(46)49-40(38-47-41(44)35-32-29-12-9-6-3)39-48-42(45)36-33-30-27-14-11-8-5-2/h40H,4-39H2,1-3H3. The van der Waals surface area contributed by atoms with E-state index in [0.717, 1.165) is 64.2 Å². The molecule has 0 fully saturated rings. The van der Waals surface area contributed by atoms with Gasteiger partial charge in [-0.3, -0.25) is 14.4 Å². The number of unbranched alkanes of at least 4 members (excludes halogenated alkanes) is 28. The van der Waals surface area contributed by atoms with Gasteiger partial charge in [0.25, 0.3) is 0 Å². The second-order valence-corrected chi connectivity index (χ2v) is 14.6. The molecule has 49 heavy (non-hydrogen) atoms. The molecule has 0 aromatic heterocycles. The molecule has 0 bridgehead atoms. The first-order valence-electron chi connectivity index (χ1n) is 21.5. The Kier molecular flexibility index (Phi) is 37.9. The Balaban J connectivity index is 4.07. The lowest BCUT2D eigenvalue weighted by molar-refractivity contribution is -0.167. The summed E-state index contributed by atoms with van der Waals surface area (Å²) < 4.78 is 16.5. The molecule has 0 rings (SSSR count). The highest BCUT2D eigenvalue weighted by Crippen LogP contribution is 2.16. The monoisotopic (exact) mass is 695 g/mol. The van der Waals surface area contributed by atoms with E-state index in [1.807, 2.05) is 0 Å². The fourth-order valence-electron chi connectivity index (χ4n) is 6.32. The zero-order valence-corrected chi connectivity index (χ0v) is 33.0. The summed E-state index contributed by atoms with van der Waals surface area (Å²) in [4.78, 5) is 37.2. The van der Waals surface area contributed by atoms with E-state index in [-0.39, 0.29) is 31.1 Å². The molecule has 0 aliphatic heterocycles. The van der Waals surface area contributed by atoms with Gasteiger partial charge in [-0.05, 0) is 19.3 Å². The Labute approximate surface area is 304 Å². The molecule has 0 spiro atoms. The van der Waals surface area contributed by atoms with Crippen molar-refractivity contribution in [1.82, 2.24) is 0 Å². The zero-order chi connectivity index (χ0) is 35.9. The minimum absolute atomic E-state index is 0.0654. The maximum absolute atomic E-state index is 12.6. The number of hydrogen-bond donors (Lipinski definition) is 0. The zero-order valence-electron chi connectivity index (χ0n) is 33.0. The highest BCUT2D eigenvalue weighted by atomic mass is 16.6. The molecule has 0 saturated heterocycles. The Morgan fingerprint density at radius 3 is 0.816 bits per heavy atom. The van der Waals surface area contributed by atoms with Crippen LogP contribution in [0.1, 0.15) is 239 Å². The Bertz CT molecular complexity index is 723. The first kappa shape index (κ1) is 47.4. The van der Waals surface area contributed by atoms with E-state index in [1.54, 1.807) is 0 Å². The molecule has 0 aliphatic carbocycles. The molecule has 6 nitrogen and oxygen atoms in total. The van der Waals surface area contributed by atoms with Crippen LogP contribution in [0.2, 0.25) is 0 Å². The van der Waals surface area contributed by atoms with Gasteiger partial charge in [0.05, 0.1) is 0 Å². The van der Waals surface area contributed by atoms with Crippen molar-refractivity contribution in [3.8, 4) is 0 Å². The molecule has 1 unspecified atom stereocenters. The number of rotatable bonds is 39. The van der Waals surface area contributed by atoms with Crippen LogP contribution in [0.5, 0.6) is 0 Å². The van der Waals surface area contributed by atoms with E-state index in [0.29, 0.717) is 19.3 Å². The summed E-state index contributed by atoms with van der Waals surface area (Å²) in [5.41, 5.74) is 0. The van der Waals surface area contributed by atoms with E-state index in [4.69, 9.17) is 14.2 Å². The van der Waals surface area contributed by atoms with Crippen molar-refractivity contribution in [3.63, 3.8) is 0 Å². The number of ether oxygens (including phenoxy) is 3. The van der Waals surface area contributed by atoms with Crippen LogP contribution >= 0.6 is 0 Å². The molecule has 0 aromatic carbocycles. The average molecular weight is 695 g/mol. The summed E-state index contributed by atoms with van der Waals surface area (Å²) in [6.07, 6.45) is 38.5. The first-order valence-corrected chi connectivity index (χ1v) is 21.5. The van der Waals surface area contributed by atoms with E-state index in [1.165, 1.54) is 135 Å². The SMILES string of the molecule is CCCCCCCCCCCCCCCCCCCCCC(=O)OC(COC(=O)CCCCCCC)COC(=O)CCCCCCCCC. The average Bonchev–Trinajstić information content (AvgIpc) is 3.09. The van der Waals surface area contributed by atoms with Gasteiger partial charge in [-0.15, -0.1) is 0 Å². The Hall–Kier alpha value is -1.59. The van der Waals surface area contributed by atoms with E-state index in [9.17, 15) is 14.4 Å². The van der Waals surface area contributed by atoms with Gasteiger partial charge in [-0.2, -0.15) is 0 Å².